The minimum absolute atomic E-state index is 0.0599. The summed E-state index contributed by atoms with van der Waals surface area (Å²) in [4.78, 5) is 64.5. The van der Waals surface area contributed by atoms with E-state index in [4.69, 9.17) is 9.15 Å². The summed E-state index contributed by atoms with van der Waals surface area (Å²) in [6, 6.07) is 20.1. The van der Waals surface area contributed by atoms with Gasteiger partial charge in [0.05, 0.1) is 35.5 Å². The van der Waals surface area contributed by atoms with E-state index in [0.717, 1.165) is 28.0 Å². The first kappa shape index (κ1) is 27.7. The topological polar surface area (TPSA) is 110 Å². The number of carbonyl (C=O) groups is 3. The number of nitrogens with zero attached hydrogens (tertiary/aromatic N) is 3. The van der Waals surface area contributed by atoms with Crippen molar-refractivity contribution < 1.29 is 23.5 Å². The van der Waals surface area contributed by atoms with Crippen molar-refractivity contribution in [2.75, 3.05) is 16.4 Å². The molecule has 2 aromatic heterocycles. The van der Waals surface area contributed by atoms with E-state index >= 15 is 4.79 Å². The lowest BCUT2D eigenvalue weighted by Gasteiger charge is -2.32. The Kier molecular flexibility index (Phi) is 6.29. The van der Waals surface area contributed by atoms with Gasteiger partial charge < -0.3 is 14.1 Å². The van der Waals surface area contributed by atoms with Crippen LogP contribution >= 0.6 is 11.3 Å². The molecule has 1 unspecified atom stereocenters. The smallest absolute Gasteiger partial charge is 0.350 e. The molecule has 220 valence electrons. The second kappa shape index (κ2) is 9.99. The Labute approximate surface area is 256 Å². The van der Waals surface area contributed by atoms with Gasteiger partial charge in [-0.3, -0.25) is 19.3 Å². The molecular weight excluding hydrogens is 578 g/mol. The number of fused-ring (bicyclic) bond motifs is 5. The summed E-state index contributed by atoms with van der Waals surface area (Å²) < 4.78 is 11.4. The molecule has 9 nitrogen and oxygen atoms in total. The van der Waals surface area contributed by atoms with Gasteiger partial charge in [0.2, 0.25) is 5.76 Å². The normalized spacial score (nSPS) is 17.1. The highest BCUT2D eigenvalue weighted by atomic mass is 32.1. The highest BCUT2D eigenvalue weighted by Gasteiger charge is 2.66. The molecule has 7 rings (SSSR count). The average molecular weight is 606 g/mol. The number of carbonyl (C=O) groups excluding carboxylic acids is 3. The van der Waals surface area contributed by atoms with Crippen LogP contribution in [0.5, 0.6) is 0 Å². The fraction of sp³-hybridized carbons (Fsp3) is 0.206. The van der Waals surface area contributed by atoms with E-state index < -0.39 is 28.8 Å². The van der Waals surface area contributed by atoms with E-state index in [0.29, 0.717) is 16.9 Å². The molecule has 2 aliphatic rings. The maximum atomic E-state index is 15.1. The lowest BCUT2D eigenvalue weighted by molar-refractivity contribution is -0.121. The molecule has 10 heteroatoms. The Bertz CT molecular complexity index is 2110. The van der Waals surface area contributed by atoms with Crippen LogP contribution in [0.15, 0.2) is 75.9 Å². The van der Waals surface area contributed by atoms with Gasteiger partial charge in [0.25, 0.3) is 11.8 Å². The Hall–Kier alpha value is -5.09. The molecule has 44 heavy (non-hydrogen) atoms. The van der Waals surface area contributed by atoms with Crippen LogP contribution in [0.4, 0.5) is 10.8 Å². The standard InChI is InChI=1S/C34H27N3O6S/c1-5-42-31(40)29-20(4)35-33(44-29)37-30(39)28-26(27(38)22-16-19(3)13-14-25(22)43-28)34(37)23-11-6-7-12-24(23)36(32(34)41)17-21-10-8-9-18(2)15-21/h6-16H,5,17H2,1-4H3. The molecule has 0 saturated heterocycles. The van der Waals surface area contributed by atoms with Crippen LogP contribution in [0.1, 0.15) is 60.7 Å². The van der Waals surface area contributed by atoms with Crippen molar-refractivity contribution in [1.29, 1.82) is 0 Å². The summed E-state index contributed by atoms with van der Waals surface area (Å²) >= 11 is 0.941. The second-order valence-corrected chi connectivity index (χ2v) is 12.0. The zero-order valence-electron chi connectivity index (χ0n) is 24.5. The largest absolute Gasteiger partial charge is 0.462 e. The average Bonchev–Trinajstić information content (AvgIpc) is 3.59. The lowest BCUT2D eigenvalue weighted by atomic mass is 9.84. The molecule has 2 amide bonds. The second-order valence-electron chi connectivity index (χ2n) is 11.0. The lowest BCUT2D eigenvalue weighted by Crippen LogP contribution is -2.53. The number of hydrogen-bond acceptors (Lipinski definition) is 8. The first-order valence-electron chi connectivity index (χ1n) is 14.2. The number of benzene rings is 3. The Morgan fingerprint density at radius 3 is 2.52 bits per heavy atom. The number of ether oxygens (including phenoxy) is 1. The van der Waals surface area contributed by atoms with E-state index in [1.807, 2.05) is 50.2 Å². The molecule has 3 aromatic carbocycles. The third kappa shape index (κ3) is 3.80. The monoisotopic (exact) mass is 605 g/mol. The number of rotatable bonds is 5. The minimum Gasteiger partial charge on any atom is -0.462 e. The zero-order chi connectivity index (χ0) is 30.9. The number of thiazole rings is 1. The summed E-state index contributed by atoms with van der Waals surface area (Å²) in [6.07, 6.45) is 0. The van der Waals surface area contributed by atoms with E-state index in [9.17, 15) is 14.4 Å². The van der Waals surface area contributed by atoms with Crippen LogP contribution in [0, 0.1) is 20.8 Å². The van der Waals surface area contributed by atoms with Crippen LogP contribution in [0.3, 0.4) is 0 Å². The van der Waals surface area contributed by atoms with Crippen LogP contribution < -0.4 is 15.2 Å². The van der Waals surface area contributed by atoms with Crippen molar-refractivity contribution in [3.05, 3.63) is 121 Å². The van der Waals surface area contributed by atoms with Crippen molar-refractivity contribution in [2.45, 2.75) is 39.8 Å². The van der Waals surface area contributed by atoms with Gasteiger partial charge >= 0.3 is 5.97 Å². The molecule has 5 aromatic rings. The molecule has 0 aliphatic carbocycles. The molecule has 1 spiro atoms. The number of para-hydroxylation sites is 1. The summed E-state index contributed by atoms with van der Waals surface area (Å²) in [6.45, 7) is 7.54. The first-order valence-corrected chi connectivity index (χ1v) is 15.0. The molecule has 0 fully saturated rings. The Balaban J connectivity index is 1.54. The molecule has 1 atom stereocenters. The number of hydrogen-bond donors (Lipinski definition) is 0. The van der Waals surface area contributed by atoms with Gasteiger partial charge in [-0.15, -0.1) is 0 Å². The molecular formula is C34H27N3O6S. The van der Waals surface area contributed by atoms with Gasteiger partial charge in [0, 0.05) is 5.56 Å². The van der Waals surface area contributed by atoms with Crippen molar-refractivity contribution in [2.24, 2.45) is 0 Å². The quantitative estimate of drug-likeness (QED) is 0.233. The van der Waals surface area contributed by atoms with E-state index in [-0.39, 0.29) is 45.5 Å². The van der Waals surface area contributed by atoms with Crippen molar-refractivity contribution in [1.82, 2.24) is 4.98 Å². The van der Waals surface area contributed by atoms with Gasteiger partial charge in [0.15, 0.2) is 16.1 Å². The third-order valence-corrected chi connectivity index (χ3v) is 9.26. The first-order chi connectivity index (χ1) is 21.2. The molecule has 0 N–H and O–H groups in total. The summed E-state index contributed by atoms with van der Waals surface area (Å²) in [5.41, 5.74) is 1.90. The van der Waals surface area contributed by atoms with Gasteiger partial charge in [-0.05, 0) is 51.5 Å². The minimum atomic E-state index is -1.92. The van der Waals surface area contributed by atoms with Crippen molar-refractivity contribution in [3.8, 4) is 0 Å². The summed E-state index contributed by atoms with van der Waals surface area (Å²) in [5, 5.41) is 0.352. The fourth-order valence-electron chi connectivity index (χ4n) is 6.29. The highest BCUT2D eigenvalue weighted by Crippen LogP contribution is 2.55. The predicted octanol–water partition coefficient (Wildman–Crippen LogP) is 5.80. The maximum absolute atomic E-state index is 15.1. The number of anilines is 2. The van der Waals surface area contributed by atoms with E-state index in [2.05, 4.69) is 4.98 Å². The van der Waals surface area contributed by atoms with Crippen molar-refractivity contribution >= 4 is 50.9 Å². The highest BCUT2D eigenvalue weighted by molar-refractivity contribution is 7.17. The van der Waals surface area contributed by atoms with Crippen LogP contribution in [-0.2, 0) is 21.6 Å². The third-order valence-electron chi connectivity index (χ3n) is 8.14. The SMILES string of the molecule is CCOC(=O)c1sc(N2C(=O)c3oc4ccc(C)cc4c(=O)c3C23C(=O)N(Cc2cccc(C)c2)c2ccccc23)nc1C. The van der Waals surface area contributed by atoms with Gasteiger partial charge in [-0.1, -0.05) is 71.0 Å². The molecule has 0 bridgehead atoms. The van der Waals surface area contributed by atoms with E-state index in [1.54, 1.807) is 49.1 Å². The van der Waals surface area contributed by atoms with Gasteiger partial charge in [-0.2, -0.15) is 0 Å². The number of esters is 1. The predicted molar refractivity (Wildman–Crippen MR) is 166 cm³/mol. The fourth-order valence-corrected chi connectivity index (χ4v) is 7.30. The van der Waals surface area contributed by atoms with Crippen molar-refractivity contribution in [3.63, 3.8) is 0 Å². The molecule has 4 heterocycles. The van der Waals surface area contributed by atoms with Crippen LogP contribution in [0.2, 0.25) is 0 Å². The molecule has 0 saturated carbocycles. The van der Waals surface area contributed by atoms with E-state index in [1.165, 1.54) is 4.90 Å². The number of aryl methyl sites for hydroxylation is 3. The van der Waals surface area contributed by atoms with Crippen LogP contribution in [0.25, 0.3) is 11.0 Å². The number of aromatic nitrogens is 1. The zero-order valence-corrected chi connectivity index (χ0v) is 25.3. The Morgan fingerprint density at radius 1 is 0.977 bits per heavy atom. The van der Waals surface area contributed by atoms with Gasteiger partial charge in [0.1, 0.15) is 10.5 Å². The maximum Gasteiger partial charge on any atom is 0.350 e. The molecule has 0 radical (unpaired) electrons. The summed E-state index contributed by atoms with van der Waals surface area (Å²) in [7, 11) is 0. The van der Waals surface area contributed by atoms with Gasteiger partial charge in [-0.25, -0.2) is 9.78 Å². The Morgan fingerprint density at radius 2 is 1.75 bits per heavy atom. The van der Waals surface area contributed by atoms with Crippen LogP contribution in [-0.4, -0.2) is 29.4 Å². The summed E-state index contributed by atoms with van der Waals surface area (Å²) in [5.74, 6) is -1.99. The molecule has 2 aliphatic heterocycles. The number of amides is 2.